The smallest absolute Gasteiger partial charge is 0.266 e. The molecule has 0 saturated carbocycles. The first-order valence-corrected chi connectivity index (χ1v) is 7.39. The van der Waals surface area contributed by atoms with Gasteiger partial charge in [-0.15, -0.1) is 0 Å². The van der Waals surface area contributed by atoms with Crippen molar-refractivity contribution in [1.29, 1.82) is 0 Å². The molecule has 7 nitrogen and oxygen atoms in total. The van der Waals surface area contributed by atoms with E-state index in [-0.39, 0.29) is 11.8 Å². The average Bonchev–Trinajstić information content (AvgIpc) is 3.16. The van der Waals surface area contributed by atoms with Gasteiger partial charge < -0.3 is 9.47 Å². The van der Waals surface area contributed by atoms with Gasteiger partial charge in [0.1, 0.15) is 12.5 Å². The van der Waals surface area contributed by atoms with Gasteiger partial charge in [0.2, 0.25) is 11.8 Å². The molecule has 1 N–H and O–H groups in total. The van der Waals surface area contributed by atoms with Gasteiger partial charge in [-0.1, -0.05) is 12.1 Å². The third kappa shape index (κ3) is 2.25. The summed E-state index contributed by atoms with van der Waals surface area (Å²) < 4.78 is 12.4. The molecule has 1 aromatic carbocycles. The van der Waals surface area contributed by atoms with Crippen molar-refractivity contribution in [2.24, 2.45) is 7.05 Å². The number of carbonyl (C=O) groups excluding carboxylic acids is 2. The number of amides is 2. The van der Waals surface area contributed by atoms with Crippen LogP contribution in [0.1, 0.15) is 36.3 Å². The molecule has 0 spiro atoms. The molecule has 0 aliphatic carbocycles. The maximum atomic E-state index is 12.1. The van der Waals surface area contributed by atoms with Crippen LogP contribution in [-0.2, 0) is 26.1 Å². The molecular weight excluding hydrogens is 298 g/mol. The minimum Gasteiger partial charge on any atom is -0.455 e. The zero-order chi connectivity index (χ0) is 16.0. The highest BCUT2D eigenvalue weighted by atomic mass is 16.7. The minimum absolute atomic E-state index is 0.225. The largest absolute Gasteiger partial charge is 0.455 e. The summed E-state index contributed by atoms with van der Waals surface area (Å²) >= 11 is 0. The normalized spacial score (nSPS) is 21.3. The van der Waals surface area contributed by atoms with E-state index >= 15 is 0 Å². The number of benzene rings is 1. The molecule has 7 heteroatoms. The van der Waals surface area contributed by atoms with Crippen LogP contribution in [0.4, 0.5) is 0 Å². The number of nitrogens with one attached hydrogen (secondary N) is 1. The molecule has 3 heterocycles. The lowest BCUT2D eigenvalue weighted by atomic mass is 9.92. The Morgan fingerprint density at radius 1 is 1.26 bits per heavy atom. The summed E-state index contributed by atoms with van der Waals surface area (Å²) in [5.74, 6) is -0.906. The van der Waals surface area contributed by atoms with Crippen molar-refractivity contribution >= 4 is 22.7 Å². The maximum Gasteiger partial charge on any atom is 0.266 e. The average molecular weight is 313 g/mol. The number of nitrogens with zero attached hydrogens (tertiary/aromatic N) is 2. The Labute approximate surface area is 131 Å². The van der Waals surface area contributed by atoms with Crippen molar-refractivity contribution in [2.45, 2.75) is 25.0 Å². The summed E-state index contributed by atoms with van der Waals surface area (Å²) in [6.45, 7) is 0. The number of piperidine rings is 1. The molecule has 2 aliphatic heterocycles. The van der Waals surface area contributed by atoms with Gasteiger partial charge in [0.05, 0.1) is 17.1 Å². The van der Waals surface area contributed by atoms with Gasteiger partial charge in [-0.25, -0.2) is 0 Å². The lowest BCUT2D eigenvalue weighted by Crippen LogP contribution is -2.39. The molecule has 1 saturated heterocycles. The van der Waals surface area contributed by atoms with E-state index in [1.54, 1.807) is 4.68 Å². The quantitative estimate of drug-likeness (QED) is 0.852. The second-order valence-corrected chi connectivity index (χ2v) is 5.67. The highest BCUT2D eigenvalue weighted by Crippen LogP contribution is 2.33. The Morgan fingerprint density at radius 3 is 2.78 bits per heavy atom. The Balaban J connectivity index is 1.74. The first kappa shape index (κ1) is 13.8. The predicted octanol–water partition coefficient (Wildman–Crippen LogP) is 1.61. The molecule has 0 radical (unpaired) electrons. The standard InChI is InChI=1S/C16H15N3O4/c1-19-12-8-9(16-22-6-7-23-16)2-3-10(12)14(18-19)11-4-5-13(20)17-15(11)21/h2-3,6-8,11,16H,4-5H2,1H3,(H,17,20,21). The van der Waals surface area contributed by atoms with E-state index in [1.807, 2.05) is 25.2 Å². The fourth-order valence-corrected chi connectivity index (χ4v) is 3.06. The summed E-state index contributed by atoms with van der Waals surface area (Å²) in [7, 11) is 1.83. The van der Waals surface area contributed by atoms with Gasteiger partial charge >= 0.3 is 0 Å². The van der Waals surface area contributed by atoms with Crippen molar-refractivity contribution in [3.05, 3.63) is 42.0 Å². The summed E-state index contributed by atoms with van der Waals surface area (Å²) in [5.41, 5.74) is 2.46. The zero-order valence-corrected chi connectivity index (χ0v) is 12.5. The third-order valence-electron chi connectivity index (χ3n) is 4.21. The molecule has 1 aromatic heterocycles. The van der Waals surface area contributed by atoms with Crippen molar-refractivity contribution in [3.8, 4) is 0 Å². The Kier molecular flexibility index (Phi) is 3.07. The summed E-state index contributed by atoms with van der Waals surface area (Å²) in [5, 5.41) is 7.79. The Hall–Kier alpha value is -2.83. The first-order chi connectivity index (χ1) is 11.1. The van der Waals surface area contributed by atoms with E-state index in [2.05, 4.69) is 10.4 Å². The fraction of sp³-hybridized carbons (Fsp3) is 0.312. The molecule has 1 atom stereocenters. The third-order valence-corrected chi connectivity index (χ3v) is 4.21. The number of aryl methyl sites for hydroxylation is 1. The maximum absolute atomic E-state index is 12.1. The number of imide groups is 1. The van der Waals surface area contributed by atoms with Crippen LogP contribution in [0.3, 0.4) is 0 Å². The van der Waals surface area contributed by atoms with E-state index in [9.17, 15) is 9.59 Å². The molecule has 0 bridgehead atoms. The van der Waals surface area contributed by atoms with E-state index in [1.165, 1.54) is 12.5 Å². The molecular formula is C16H15N3O4. The van der Waals surface area contributed by atoms with E-state index in [0.717, 1.165) is 16.5 Å². The number of carbonyl (C=O) groups is 2. The fourth-order valence-electron chi connectivity index (χ4n) is 3.06. The van der Waals surface area contributed by atoms with Gasteiger partial charge in [0, 0.05) is 24.4 Å². The van der Waals surface area contributed by atoms with Gasteiger partial charge in [-0.2, -0.15) is 5.10 Å². The first-order valence-electron chi connectivity index (χ1n) is 7.39. The van der Waals surface area contributed by atoms with Crippen molar-refractivity contribution in [2.75, 3.05) is 0 Å². The van der Waals surface area contributed by atoms with Gasteiger partial charge in [0.25, 0.3) is 6.29 Å². The van der Waals surface area contributed by atoms with Crippen molar-refractivity contribution in [1.82, 2.24) is 15.1 Å². The van der Waals surface area contributed by atoms with Gasteiger partial charge in [0.15, 0.2) is 0 Å². The van der Waals surface area contributed by atoms with Gasteiger partial charge in [-0.3, -0.25) is 19.6 Å². The van der Waals surface area contributed by atoms with E-state index in [0.29, 0.717) is 18.5 Å². The van der Waals surface area contributed by atoms with Crippen LogP contribution in [0.25, 0.3) is 10.9 Å². The second kappa shape index (κ2) is 5.12. The lowest BCUT2D eigenvalue weighted by Gasteiger charge is -2.19. The topological polar surface area (TPSA) is 82.5 Å². The molecule has 2 aromatic rings. The zero-order valence-electron chi connectivity index (χ0n) is 12.5. The summed E-state index contributed by atoms with van der Waals surface area (Å²) in [6.07, 6.45) is 3.38. The van der Waals surface area contributed by atoms with E-state index < -0.39 is 12.2 Å². The molecule has 2 amide bonds. The van der Waals surface area contributed by atoms with Crippen LogP contribution >= 0.6 is 0 Å². The summed E-state index contributed by atoms with van der Waals surface area (Å²) in [6, 6.07) is 5.76. The summed E-state index contributed by atoms with van der Waals surface area (Å²) in [4.78, 5) is 23.4. The highest BCUT2D eigenvalue weighted by molar-refractivity contribution is 6.02. The number of rotatable bonds is 2. The van der Waals surface area contributed by atoms with Gasteiger partial charge in [-0.05, 0) is 12.5 Å². The minimum atomic E-state index is -0.451. The highest BCUT2D eigenvalue weighted by Gasteiger charge is 2.31. The Morgan fingerprint density at radius 2 is 2.04 bits per heavy atom. The Bertz CT molecular complexity index is 831. The van der Waals surface area contributed by atoms with Crippen LogP contribution in [0.5, 0.6) is 0 Å². The molecule has 2 aliphatic rings. The molecule has 4 rings (SSSR count). The van der Waals surface area contributed by atoms with Crippen molar-refractivity contribution in [3.63, 3.8) is 0 Å². The number of aromatic nitrogens is 2. The second-order valence-electron chi connectivity index (χ2n) is 5.67. The number of hydrogen-bond acceptors (Lipinski definition) is 5. The van der Waals surface area contributed by atoms with Crippen molar-refractivity contribution < 1.29 is 19.1 Å². The molecule has 1 fully saturated rings. The lowest BCUT2D eigenvalue weighted by molar-refractivity contribution is -0.134. The van der Waals surface area contributed by atoms with Crippen LogP contribution in [0.15, 0.2) is 30.7 Å². The van der Waals surface area contributed by atoms with Crippen LogP contribution < -0.4 is 5.32 Å². The van der Waals surface area contributed by atoms with E-state index in [4.69, 9.17) is 9.47 Å². The van der Waals surface area contributed by atoms with Crippen LogP contribution in [-0.4, -0.2) is 21.6 Å². The number of ether oxygens (including phenoxy) is 2. The van der Waals surface area contributed by atoms with Crippen LogP contribution in [0.2, 0.25) is 0 Å². The molecule has 1 unspecified atom stereocenters. The number of hydrogen-bond donors (Lipinski definition) is 1. The molecule has 23 heavy (non-hydrogen) atoms. The monoisotopic (exact) mass is 313 g/mol. The predicted molar refractivity (Wildman–Crippen MR) is 79.9 cm³/mol. The van der Waals surface area contributed by atoms with Crippen LogP contribution in [0, 0.1) is 0 Å². The number of fused-ring (bicyclic) bond motifs is 1. The SMILES string of the molecule is Cn1nc(C2CCC(=O)NC2=O)c2ccc(C3OC=CO3)cc21. The molecule has 118 valence electrons.